The summed E-state index contributed by atoms with van der Waals surface area (Å²) >= 11 is 6.09. The van der Waals surface area contributed by atoms with Gasteiger partial charge in [0.05, 0.1) is 16.7 Å². The number of rotatable bonds is 0. The molecule has 0 saturated carbocycles. The lowest BCUT2D eigenvalue weighted by molar-refractivity contribution is 0.604. The molecule has 0 radical (unpaired) electrons. The van der Waals surface area contributed by atoms with Crippen molar-refractivity contribution in [2.24, 2.45) is 0 Å². The molecule has 0 unspecified atom stereocenters. The van der Waals surface area contributed by atoms with E-state index in [9.17, 15) is 0 Å². The normalized spacial score (nSPS) is 15.5. The highest BCUT2D eigenvalue weighted by molar-refractivity contribution is 6.31. The zero-order valence-electron chi connectivity index (χ0n) is 12.8. The second kappa shape index (κ2) is 4.43. The van der Waals surface area contributed by atoms with Crippen LogP contribution in [0.2, 0.25) is 5.02 Å². The van der Waals surface area contributed by atoms with E-state index < -0.39 is 0 Å². The van der Waals surface area contributed by atoms with Crippen molar-refractivity contribution in [3.8, 4) is 0 Å². The summed E-state index contributed by atoms with van der Waals surface area (Å²) in [6.07, 6.45) is 0. The molecule has 0 bridgehead atoms. The summed E-state index contributed by atoms with van der Waals surface area (Å²) in [7, 11) is 2.04. The fourth-order valence-corrected chi connectivity index (χ4v) is 3.37. The quantitative estimate of drug-likeness (QED) is 0.603. The molecule has 0 spiro atoms. The highest BCUT2D eigenvalue weighted by atomic mass is 35.5. The van der Waals surface area contributed by atoms with Gasteiger partial charge in [-0.1, -0.05) is 29.8 Å². The van der Waals surface area contributed by atoms with Crippen LogP contribution in [0.15, 0.2) is 42.5 Å². The van der Waals surface area contributed by atoms with Gasteiger partial charge in [0.1, 0.15) is 0 Å². The van der Waals surface area contributed by atoms with E-state index in [0.29, 0.717) is 5.02 Å². The molecule has 3 aromatic rings. The van der Waals surface area contributed by atoms with E-state index in [1.807, 2.05) is 25.2 Å². The van der Waals surface area contributed by atoms with E-state index in [1.165, 1.54) is 11.3 Å². The van der Waals surface area contributed by atoms with Crippen molar-refractivity contribution in [2.45, 2.75) is 19.3 Å². The monoisotopic (exact) mass is 309 g/mol. The smallest absolute Gasteiger partial charge is 0.156 e. The third-order valence-electron chi connectivity index (χ3n) is 4.46. The van der Waals surface area contributed by atoms with Crippen LogP contribution in [0.3, 0.4) is 0 Å². The van der Waals surface area contributed by atoms with E-state index in [0.717, 1.165) is 22.5 Å². The van der Waals surface area contributed by atoms with E-state index in [2.05, 4.69) is 43.0 Å². The summed E-state index contributed by atoms with van der Waals surface area (Å²) in [4.78, 5) is 11.8. The Bertz CT molecular complexity index is 902. The highest BCUT2D eigenvalue weighted by Gasteiger charge is 2.37. The van der Waals surface area contributed by atoms with E-state index in [4.69, 9.17) is 21.6 Å². The minimum absolute atomic E-state index is 0.181. The number of hydrogen-bond acceptors (Lipinski definition) is 3. The van der Waals surface area contributed by atoms with Gasteiger partial charge in [-0.15, -0.1) is 0 Å². The molecule has 3 nitrogen and oxygen atoms in total. The Morgan fingerprint density at radius 1 is 1.00 bits per heavy atom. The number of aromatic nitrogens is 2. The third kappa shape index (κ3) is 1.75. The van der Waals surface area contributed by atoms with Crippen LogP contribution in [0.1, 0.15) is 25.1 Å². The number of hydrogen-bond donors (Lipinski definition) is 0. The molecule has 0 fully saturated rings. The Hall–Kier alpha value is -2.13. The van der Waals surface area contributed by atoms with Crippen molar-refractivity contribution in [3.63, 3.8) is 0 Å². The number of para-hydroxylation sites is 1. The first kappa shape index (κ1) is 13.5. The summed E-state index contributed by atoms with van der Waals surface area (Å²) < 4.78 is 0. The number of benzene rings is 2. The fraction of sp³-hybridized carbons (Fsp3) is 0.222. The van der Waals surface area contributed by atoms with Crippen molar-refractivity contribution < 1.29 is 0 Å². The van der Waals surface area contributed by atoms with Crippen LogP contribution in [0, 0.1) is 0 Å². The third-order valence-corrected chi connectivity index (χ3v) is 4.69. The van der Waals surface area contributed by atoms with Crippen LogP contribution in [0.4, 0.5) is 11.5 Å². The van der Waals surface area contributed by atoms with Gasteiger partial charge in [0.15, 0.2) is 5.82 Å². The van der Waals surface area contributed by atoms with Crippen LogP contribution >= 0.6 is 11.6 Å². The number of nitrogens with zero attached hydrogens (tertiary/aromatic N) is 3. The van der Waals surface area contributed by atoms with Gasteiger partial charge >= 0.3 is 0 Å². The average Bonchev–Trinajstić information content (AvgIpc) is 2.51. The zero-order chi connectivity index (χ0) is 15.5. The Balaban J connectivity index is 2.07. The van der Waals surface area contributed by atoms with E-state index in [-0.39, 0.29) is 5.41 Å². The summed E-state index contributed by atoms with van der Waals surface area (Å²) in [6, 6.07) is 14.1. The maximum absolute atomic E-state index is 6.09. The first-order valence-corrected chi connectivity index (χ1v) is 7.67. The predicted octanol–water partition coefficient (Wildman–Crippen LogP) is 4.69. The minimum atomic E-state index is -0.181. The predicted molar refractivity (Wildman–Crippen MR) is 91.2 cm³/mol. The highest BCUT2D eigenvalue weighted by Crippen LogP contribution is 2.46. The Kier molecular flexibility index (Phi) is 2.73. The standard InChI is InChI=1S/C18H16ClN3/c1-18(2)12-6-4-5-7-15(12)22(3)17-16(18)20-13-9-8-11(19)10-14(13)21-17/h4-10H,1-3H3. The van der Waals surface area contributed by atoms with Gasteiger partial charge in [0, 0.05) is 23.2 Å². The van der Waals surface area contributed by atoms with Crippen LogP contribution in [0.25, 0.3) is 11.0 Å². The Labute approximate surface area is 134 Å². The van der Waals surface area contributed by atoms with Gasteiger partial charge in [-0.2, -0.15) is 0 Å². The summed E-state index contributed by atoms with van der Waals surface area (Å²) in [5, 5.41) is 0.680. The molecule has 0 N–H and O–H groups in total. The molecule has 2 aromatic carbocycles. The van der Waals surface area contributed by atoms with Crippen LogP contribution < -0.4 is 4.90 Å². The van der Waals surface area contributed by atoms with Gasteiger partial charge in [-0.05, 0) is 43.7 Å². The van der Waals surface area contributed by atoms with Crippen molar-refractivity contribution in [1.29, 1.82) is 0 Å². The lowest BCUT2D eigenvalue weighted by atomic mass is 9.77. The van der Waals surface area contributed by atoms with Gasteiger partial charge < -0.3 is 4.90 Å². The molecular formula is C18H16ClN3. The second-order valence-corrected chi connectivity index (χ2v) is 6.67. The molecular weight excluding hydrogens is 294 g/mol. The van der Waals surface area contributed by atoms with Crippen molar-refractivity contribution in [3.05, 3.63) is 58.7 Å². The number of fused-ring (bicyclic) bond motifs is 3. The number of anilines is 2. The van der Waals surface area contributed by atoms with Gasteiger partial charge in [0.25, 0.3) is 0 Å². The maximum Gasteiger partial charge on any atom is 0.156 e. The first-order valence-electron chi connectivity index (χ1n) is 7.29. The summed E-state index contributed by atoms with van der Waals surface area (Å²) in [6.45, 7) is 4.40. The molecule has 0 saturated heterocycles. The van der Waals surface area contributed by atoms with Crippen LogP contribution in [-0.2, 0) is 5.41 Å². The molecule has 4 rings (SSSR count). The van der Waals surface area contributed by atoms with Gasteiger partial charge in [0.2, 0.25) is 0 Å². The molecule has 0 atom stereocenters. The Morgan fingerprint density at radius 3 is 2.59 bits per heavy atom. The van der Waals surface area contributed by atoms with E-state index in [1.54, 1.807) is 0 Å². The fourth-order valence-electron chi connectivity index (χ4n) is 3.21. The summed E-state index contributed by atoms with van der Waals surface area (Å²) in [5.74, 6) is 0.901. The zero-order valence-corrected chi connectivity index (χ0v) is 13.5. The Morgan fingerprint density at radius 2 is 1.77 bits per heavy atom. The van der Waals surface area contributed by atoms with Crippen LogP contribution in [-0.4, -0.2) is 17.0 Å². The molecule has 0 aliphatic carbocycles. The minimum Gasteiger partial charge on any atom is -0.328 e. The maximum atomic E-state index is 6.09. The van der Waals surface area contributed by atoms with E-state index >= 15 is 0 Å². The molecule has 1 aromatic heterocycles. The molecule has 110 valence electrons. The first-order chi connectivity index (χ1) is 10.5. The van der Waals surface area contributed by atoms with Crippen molar-refractivity contribution >= 4 is 34.1 Å². The number of halogens is 1. The topological polar surface area (TPSA) is 29.0 Å². The second-order valence-electron chi connectivity index (χ2n) is 6.23. The summed E-state index contributed by atoms with van der Waals surface area (Å²) in [5.41, 5.74) is 4.98. The van der Waals surface area contributed by atoms with Gasteiger partial charge in [-0.3, -0.25) is 0 Å². The largest absolute Gasteiger partial charge is 0.328 e. The average molecular weight is 310 g/mol. The molecule has 22 heavy (non-hydrogen) atoms. The van der Waals surface area contributed by atoms with Crippen molar-refractivity contribution in [1.82, 2.24) is 9.97 Å². The molecule has 4 heteroatoms. The lowest BCUT2D eigenvalue weighted by Crippen LogP contribution is -2.32. The lowest BCUT2D eigenvalue weighted by Gasteiger charge is -2.38. The van der Waals surface area contributed by atoms with Gasteiger partial charge in [-0.25, -0.2) is 9.97 Å². The molecule has 1 aliphatic heterocycles. The van der Waals surface area contributed by atoms with Crippen molar-refractivity contribution in [2.75, 3.05) is 11.9 Å². The SMILES string of the molecule is CN1c2ccccc2C(C)(C)c2nc3ccc(Cl)cc3nc21. The van der Waals surface area contributed by atoms with Crippen LogP contribution in [0.5, 0.6) is 0 Å². The molecule has 2 heterocycles. The molecule has 1 aliphatic rings. The molecule has 0 amide bonds.